The summed E-state index contributed by atoms with van der Waals surface area (Å²) in [7, 11) is 0. The molecule has 4 heteroatoms. The van der Waals surface area contributed by atoms with E-state index in [1.807, 2.05) is 12.3 Å². The Bertz CT molecular complexity index is 1130. The fourth-order valence-electron chi connectivity index (χ4n) is 4.39. The van der Waals surface area contributed by atoms with Crippen molar-refractivity contribution >= 4 is 35.3 Å². The van der Waals surface area contributed by atoms with Gasteiger partial charge in [0.1, 0.15) is 5.82 Å². The van der Waals surface area contributed by atoms with Gasteiger partial charge in [-0.25, -0.2) is 4.98 Å². The molecule has 2 aliphatic heterocycles. The first-order valence-electron chi connectivity index (χ1n) is 9.20. The molecular weight excluding hydrogens is 329 g/mol. The van der Waals surface area contributed by atoms with E-state index in [1.54, 1.807) is 0 Å². The summed E-state index contributed by atoms with van der Waals surface area (Å²) < 4.78 is 0. The molecule has 0 bridgehead atoms. The first kappa shape index (κ1) is 14.6. The Kier molecular flexibility index (Phi) is 2.97. The molecular formula is C23H16BN3. The molecule has 1 aromatic heterocycles. The third kappa shape index (κ3) is 1.95. The minimum atomic E-state index is 0.0587. The molecule has 126 valence electrons. The summed E-state index contributed by atoms with van der Waals surface area (Å²) in [4.78, 5) is 9.58. The number of benzene rings is 3. The zero-order chi connectivity index (χ0) is 17.8. The highest BCUT2D eigenvalue weighted by Crippen LogP contribution is 2.49. The van der Waals surface area contributed by atoms with Gasteiger partial charge in [-0.2, -0.15) is 0 Å². The summed E-state index contributed by atoms with van der Waals surface area (Å²) in [6, 6.07) is 32.1. The highest BCUT2D eigenvalue weighted by atomic mass is 15.3. The van der Waals surface area contributed by atoms with E-state index in [-0.39, 0.29) is 6.98 Å². The van der Waals surface area contributed by atoms with Crippen LogP contribution in [0.3, 0.4) is 0 Å². The molecule has 6 rings (SSSR count). The summed E-state index contributed by atoms with van der Waals surface area (Å²) in [5, 5.41) is 0. The van der Waals surface area contributed by atoms with Gasteiger partial charge >= 0.3 is 6.98 Å². The van der Waals surface area contributed by atoms with Gasteiger partial charge in [-0.05, 0) is 47.4 Å². The molecule has 0 radical (unpaired) electrons. The molecule has 0 N–H and O–H groups in total. The minimum Gasteiger partial charge on any atom is -0.360 e. The SMILES string of the molecule is c1ccc(N2B3c4ccccc4-c4cccnc4N3c3ccccc32)cc1. The smallest absolute Gasteiger partial charge is 0.360 e. The van der Waals surface area contributed by atoms with Crippen LogP contribution in [0.5, 0.6) is 0 Å². The quantitative estimate of drug-likeness (QED) is 0.464. The second-order valence-electron chi connectivity index (χ2n) is 6.90. The molecule has 3 nitrogen and oxygen atoms in total. The number of rotatable bonds is 1. The average molecular weight is 345 g/mol. The third-order valence-electron chi connectivity index (χ3n) is 5.47. The molecule has 0 spiro atoms. The lowest BCUT2D eigenvalue weighted by molar-refractivity contribution is 1.23. The Balaban J connectivity index is 1.70. The summed E-state index contributed by atoms with van der Waals surface area (Å²) in [6.07, 6.45) is 1.89. The molecule has 0 atom stereocenters. The topological polar surface area (TPSA) is 19.4 Å². The van der Waals surface area contributed by atoms with Crippen molar-refractivity contribution in [1.29, 1.82) is 0 Å². The highest BCUT2D eigenvalue weighted by molar-refractivity contribution is 6.86. The predicted molar refractivity (Wildman–Crippen MR) is 112 cm³/mol. The highest BCUT2D eigenvalue weighted by Gasteiger charge is 2.48. The average Bonchev–Trinajstić information content (AvgIpc) is 3.10. The van der Waals surface area contributed by atoms with Crippen molar-refractivity contribution in [3.63, 3.8) is 0 Å². The molecule has 27 heavy (non-hydrogen) atoms. The first-order valence-corrected chi connectivity index (χ1v) is 9.20. The van der Waals surface area contributed by atoms with E-state index < -0.39 is 0 Å². The van der Waals surface area contributed by atoms with Crippen molar-refractivity contribution in [3.8, 4) is 11.1 Å². The zero-order valence-corrected chi connectivity index (χ0v) is 14.7. The molecule has 3 heterocycles. The maximum atomic E-state index is 4.79. The Morgan fingerprint density at radius 3 is 2.11 bits per heavy atom. The number of hydrogen-bond donors (Lipinski definition) is 0. The van der Waals surface area contributed by atoms with E-state index in [0.29, 0.717) is 0 Å². The standard InChI is InChI=1S/C23H16BN3/c1-2-9-17(10-3-1)26-21-14-6-7-15-22(21)27-23-19(12-8-16-25-23)18-11-4-5-13-20(18)24(26)27/h1-16H. The van der Waals surface area contributed by atoms with Crippen molar-refractivity contribution < 1.29 is 0 Å². The van der Waals surface area contributed by atoms with Crippen LogP contribution < -0.4 is 15.1 Å². The maximum absolute atomic E-state index is 4.79. The van der Waals surface area contributed by atoms with Crippen LogP contribution in [0.15, 0.2) is 97.2 Å². The fraction of sp³-hybridized carbons (Fsp3) is 0. The molecule has 2 aliphatic rings. The van der Waals surface area contributed by atoms with Crippen molar-refractivity contribution in [2.24, 2.45) is 0 Å². The van der Waals surface area contributed by atoms with Crippen LogP contribution in [0.25, 0.3) is 11.1 Å². The molecule has 4 aromatic rings. The monoisotopic (exact) mass is 345 g/mol. The Hall–Kier alpha value is -3.53. The van der Waals surface area contributed by atoms with E-state index in [1.165, 1.54) is 33.7 Å². The molecule has 3 aromatic carbocycles. The lowest BCUT2D eigenvalue weighted by Gasteiger charge is -2.35. The lowest BCUT2D eigenvalue weighted by Crippen LogP contribution is -2.55. The van der Waals surface area contributed by atoms with Gasteiger partial charge in [0.15, 0.2) is 0 Å². The van der Waals surface area contributed by atoms with E-state index in [2.05, 4.69) is 94.6 Å². The fourth-order valence-corrected chi connectivity index (χ4v) is 4.39. The first-order chi connectivity index (χ1) is 13.4. The van der Waals surface area contributed by atoms with Crippen LogP contribution >= 0.6 is 0 Å². The van der Waals surface area contributed by atoms with Crippen LogP contribution in [0.1, 0.15) is 0 Å². The summed E-state index contributed by atoms with van der Waals surface area (Å²) >= 11 is 0. The zero-order valence-electron chi connectivity index (χ0n) is 14.7. The summed E-state index contributed by atoms with van der Waals surface area (Å²) in [5.74, 6) is 1.02. The number of hydrogen-bond acceptors (Lipinski definition) is 3. The van der Waals surface area contributed by atoms with Gasteiger partial charge in [-0.15, -0.1) is 0 Å². The van der Waals surface area contributed by atoms with Crippen LogP contribution in [0.4, 0.5) is 22.9 Å². The Labute approximate surface area is 158 Å². The van der Waals surface area contributed by atoms with Gasteiger partial charge < -0.3 is 9.62 Å². The van der Waals surface area contributed by atoms with Crippen LogP contribution in [-0.4, -0.2) is 12.0 Å². The minimum absolute atomic E-state index is 0.0587. The Morgan fingerprint density at radius 2 is 1.26 bits per heavy atom. The second-order valence-corrected chi connectivity index (χ2v) is 6.90. The van der Waals surface area contributed by atoms with Gasteiger partial charge in [0.05, 0.1) is 11.4 Å². The number of pyridine rings is 1. The number of aromatic nitrogens is 1. The van der Waals surface area contributed by atoms with Gasteiger partial charge in [-0.3, -0.25) is 0 Å². The van der Waals surface area contributed by atoms with Crippen molar-refractivity contribution in [2.45, 2.75) is 0 Å². The van der Waals surface area contributed by atoms with E-state index >= 15 is 0 Å². The molecule has 0 aliphatic carbocycles. The number of fused-ring (bicyclic) bond motifs is 8. The van der Waals surface area contributed by atoms with Gasteiger partial charge in [0.25, 0.3) is 0 Å². The number of anilines is 4. The van der Waals surface area contributed by atoms with E-state index in [0.717, 1.165) is 5.82 Å². The van der Waals surface area contributed by atoms with Crippen LogP contribution in [0, 0.1) is 0 Å². The van der Waals surface area contributed by atoms with Crippen molar-refractivity contribution in [2.75, 3.05) is 9.62 Å². The van der Waals surface area contributed by atoms with E-state index in [4.69, 9.17) is 4.98 Å². The van der Waals surface area contributed by atoms with Gasteiger partial charge in [0, 0.05) is 17.4 Å². The van der Waals surface area contributed by atoms with Crippen molar-refractivity contribution in [1.82, 2.24) is 4.98 Å². The Morgan fingerprint density at radius 1 is 0.593 bits per heavy atom. The van der Waals surface area contributed by atoms with Crippen LogP contribution in [0.2, 0.25) is 0 Å². The number of para-hydroxylation sites is 3. The third-order valence-corrected chi connectivity index (χ3v) is 5.47. The van der Waals surface area contributed by atoms with Crippen molar-refractivity contribution in [3.05, 3.63) is 97.2 Å². The van der Waals surface area contributed by atoms with Gasteiger partial charge in [0.2, 0.25) is 0 Å². The molecule has 0 amide bonds. The van der Waals surface area contributed by atoms with E-state index in [9.17, 15) is 0 Å². The molecule has 0 unspecified atom stereocenters. The molecule has 0 saturated heterocycles. The van der Waals surface area contributed by atoms with Crippen LogP contribution in [-0.2, 0) is 0 Å². The largest absolute Gasteiger partial charge is 0.422 e. The maximum Gasteiger partial charge on any atom is 0.422 e. The molecule has 0 saturated carbocycles. The lowest BCUT2D eigenvalue weighted by atomic mass is 9.60. The summed E-state index contributed by atoms with van der Waals surface area (Å²) in [6.45, 7) is 0.0587. The van der Waals surface area contributed by atoms with Gasteiger partial charge in [-0.1, -0.05) is 54.6 Å². The number of nitrogens with zero attached hydrogens (tertiary/aromatic N) is 3. The molecule has 0 fully saturated rings. The normalized spacial score (nSPS) is 13.7. The second kappa shape index (κ2) is 5.48. The summed E-state index contributed by atoms with van der Waals surface area (Å²) in [5.41, 5.74) is 7.34. The predicted octanol–water partition coefficient (Wildman–Crippen LogP) is 4.75.